The van der Waals surface area contributed by atoms with Crippen molar-refractivity contribution in [1.29, 1.82) is 0 Å². The minimum absolute atomic E-state index is 0.667. The fourth-order valence-electron chi connectivity index (χ4n) is 2.37. The summed E-state index contributed by atoms with van der Waals surface area (Å²) in [6, 6.07) is 0.668. The zero-order valence-corrected chi connectivity index (χ0v) is 9.73. The Bertz CT molecular complexity index is 295. The molecule has 78 valence electrons. The first kappa shape index (κ1) is 10.1. The molecule has 0 aromatic carbocycles. The number of aromatic nitrogens is 1. The largest absolute Gasteiger partial charge is 0.314 e. The van der Waals surface area contributed by atoms with Gasteiger partial charge in [-0.25, -0.2) is 4.98 Å². The average molecular weight is 210 g/mol. The van der Waals surface area contributed by atoms with Crippen LogP contribution in [0.15, 0.2) is 5.38 Å². The molecule has 1 aliphatic carbocycles. The van der Waals surface area contributed by atoms with Crippen LogP contribution in [0.3, 0.4) is 0 Å². The monoisotopic (exact) mass is 210 g/mol. The molecule has 0 aliphatic heterocycles. The molecule has 3 heteroatoms. The second-order valence-electron chi connectivity index (χ2n) is 3.99. The maximum absolute atomic E-state index is 4.60. The number of thiazole rings is 1. The van der Waals surface area contributed by atoms with E-state index >= 15 is 0 Å². The molecule has 1 N–H and O–H groups in total. The predicted octanol–water partition coefficient (Wildman–Crippen LogP) is 2.70. The topological polar surface area (TPSA) is 24.9 Å². The second-order valence-corrected chi connectivity index (χ2v) is 5.06. The van der Waals surface area contributed by atoms with Gasteiger partial charge in [0.25, 0.3) is 0 Å². The average Bonchev–Trinajstić information content (AvgIpc) is 2.74. The number of aryl methyl sites for hydroxylation is 1. The molecule has 1 aromatic heterocycles. The zero-order chi connectivity index (χ0) is 9.97. The van der Waals surface area contributed by atoms with Crippen molar-refractivity contribution in [3.05, 3.63) is 16.1 Å². The number of nitrogens with one attached hydrogen (secondary N) is 1. The van der Waals surface area contributed by atoms with Crippen molar-refractivity contribution >= 4 is 11.3 Å². The molecule has 14 heavy (non-hydrogen) atoms. The molecule has 1 heterocycles. The Balaban J connectivity index is 2.09. The standard InChI is InChI=1S/C11H18N2S/c1-3-12-10-6-4-5-9(10)11-7-14-8(2)13-11/h7,9-10,12H,3-6H2,1-2H3. The first-order valence-corrected chi connectivity index (χ1v) is 6.34. The van der Waals surface area contributed by atoms with Crippen molar-refractivity contribution in [3.63, 3.8) is 0 Å². The third-order valence-corrected chi connectivity index (χ3v) is 3.79. The van der Waals surface area contributed by atoms with Gasteiger partial charge in [-0.2, -0.15) is 0 Å². The van der Waals surface area contributed by atoms with E-state index in [1.807, 2.05) is 0 Å². The highest BCUT2D eigenvalue weighted by Gasteiger charge is 2.29. The van der Waals surface area contributed by atoms with Crippen LogP contribution in [0.25, 0.3) is 0 Å². The van der Waals surface area contributed by atoms with Crippen LogP contribution in [-0.2, 0) is 0 Å². The summed E-state index contributed by atoms with van der Waals surface area (Å²) in [6.07, 6.45) is 3.97. The van der Waals surface area contributed by atoms with Crippen molar-refractivity contribution < 1.29 is 0 Å². The van der Waals surface area contributed by atoms with Gasteiger partial charge in [0.2, 0.25) is 0 Å². The molecule has 2 rings (SSSR count). The van der Waals surface area contributed by atoms with Crippen LogP contribution < -0.4 is 5.32 Å². The maximum atomic E-state index is 4.60. The van der Waals surface area contributed by atoms with Gasteiger partial charge in [-0.3, -0.25) is 0 Å². The fraction of sp³-hybridized carbons (Fsp3) is 0.727. The van der Waals surface area contributed by atoms with Crippen molar-refractivity contribution in [2.45, 2.75) is 45.1 Å². The summed E-state index contributed by atoms with van der Waals surface area (Å²) in [5, 5.41) is 7.00. The minimum atomic E-state index is 0.667. The molecule has 0 saturated heterocycles. The summed E-state index contributed by atoms with van der Waals surface area (Å²) in [5.41, 5.74) is 1.32. The summed E-state index contributed by atoms with van der Waals surface area (Å²) in [7, 11) is 0. The highest BCUT2D eigenvalue weighted by molar-refractivity contribution is 7.09. The molecule has 0 spiro atoms. The minimum Gasteiger partial charge on any atom is -0.314 e. The van der Waals surface area contributed by atoms with E-state index in [0.29, 0.717) is 12.0 Å². The zero-order valence-electron chi connectivity index (χ0n) is 8.92. The van der Waals surface area contributed by atoms with E-state index < -0.39 is 0 Å². The van der Waals surface area contributed by atoms with E-state index in [-0.39, 0.29) is 0 Å². The smallest absolute Gasteiger partial charge is 0.0897 e. The van der Waals surface area contributed by atoms with Crippen molar-refractivity contribution in [1.82, 2.24) is 10.3 Å². The molecule has 0 amide bonds. The van der Waals surface area contributed by atoms with Crippen molar-refractivity contribution in [2.75, 3.05) is 6.54 Å². The molecule has 2 nitrogen and oxygen atoms in total. The van der Waals surface area contributed by atoms with Gasteiger partial charge in [0.15, 0.2) is 0 Å². The van der Waals surface area contributed by atoms with Crippen LogP contribution in [-0.4, -0.2) is 17.6 Å². The lowest BCUT2D eigenvalue weighted by atomic mass is 10.0. The number of rotatable bonds is 3. The summed E-state index contributed by atoms with van der Waals surface area (Å²) >= 11 is 1.77. The van der Waals surface area contributed by atoms with Crippen LogP contribution in [0.1, 0.15) is 42.8 Å². The van der Waals surface area contributed by atoms with Crippen LogP contribution >= 0.6 is 11.3 Å². The Hall–Kier alpha value is -0.410. The van der Waals surface area contributed by atoms with Gasteiger partial charge in [0.05, 0.1) is 10.7 Å². The van der Waals surface area contributed by atoms with Gasteiger partial charge in [0.1, 0.15) is 0 Å². The van der Waals surface area contributed by atoms with Crippen molar-refractivity contribution in [3.8, 4) is 0 Å². The highest BCUT2D eigenvalue weighted by atomic mass is 32.1. The molecular formula is C11H18N2S. The van der Waals surface area contributed by atoms with E-state index in [0.717, 1.165) is 6.54 Å². The number of nitrogens with zero attached hydrogens (tertiary/aromatic N) is 1. The lowest BCUT2D eigenvalue weighted by Gasteiger charge is -2.18. The van der Waals surface area contributed by atoms with Gasteiger partial charge >= 0.3 is 0 Å². The molecular weight excluding hydrogens is 192 g/mol. The van der Waals surface area contributed by atoms with Crippen molar-refractivity contribution in [2.24, 2.45) is 0 Å². The third kappa shape index (κ3) is 1.98. The quantitative estimate of drug-likeness (QED) is 0.829. The molecule has 2 unspecified atom stereocenters. The first-order valence-electron chi connectivity index (χ1n) is 5.46. The van der Waals surface area contributed by atoms with Crippen LogP contribution in [0.5, 0.6) is 0 Å². The Morgan fingerprint density at radius 2 is 2.43 bits per heavy atom. The fourth-order valence-corrected chi connectivity index (χ4v) is 3.05. The van der Waals surface area contributed by atoms with E-state index in [2.05, 4.69) is 29.5 Å². The van der Waals surface area contributed by atoms with Gasteiger partial charge in [-0.1, -0.05) is 13.3 Å². The molecule has 1 aromatic rings. The molecule has 1 aliphatic rings. The maximum Gasteiger partial charge on any atom is 0.0897 e. The lowest BCUT2D eigenvalue weighted by Crippen LogP contribution is -2.31. The molecule has 2 atom stereocenters. The van der Waals surface area contributed by atoms with E-state index in [1.54, 1.807) is 11.3 Å². The molecule has 0 bridgehead atoms. The summed E-state index contributed by atoms with van der Waals surface area (Å²) in [6.45, 7) is 5.34. The van der Waals surface area contributed by atoms with Gasteiger partial charge in [-0.05, 0) is 26.3 Å². The van der Waals surface area contributed by atoms with Crippen LogP contribution in [0.2, 0.25) is 0 Å². The Kier molecular flexibility index (Phi) is 3.19. The van der Waals surface area contributed by atoms with E-state index in [9.17, 15) is 0 Å². The van der Waals surface area contributed by atoms with Crippen LogP contribution in [0.4, 0.5) is 0 Å². The molecule has 1 saturated carbocycles. The summed E-state index contributed by atoms with van der Waals surface area (Å²) in [4.78, 5) is 4.60. The number of likely N-dealkylation sites (N-methyl/N-ethyl adjacent to an activating group) is 1. The van der Waals surface area contributed by atoms with Gasteiger partial charge < -0.3 is 5.32 Å². The summed E-state index contributed by atoms with van der Waals surface area (Å²) in [5.74, 6) is 0.667. The van der Waals surface area contributed by atoms with Gasteiger partial charge in [-0.15, -0.1) is 11.3 Å². The third-order valence-electron chi connectivity index (χ3n) is 3.00. The molecule has 1 fully saturated rings. The SMILES string of the molecule is CCNC1CCCC1c1csc(C)n1. The number of hydrogen-bond donors (Lipinski definition) is 1. The Morgan fingerprint density at radius 1 is 1.57 bits per heavy atom. The highest BCUT2D eigenvalue weighted by Crippen LogP contribution is 2.34. The van der Waals surface area contributed by atoms with Gasteiger partial charge in [0, 0.05) is 17.3 Å². The Labute approximate surface area is 89.8 Å². The number of hydrogen-bond acceptors (Lipinski definition) is 3. The summed E-state index contributed by atoms with van der Waals surface area (Å²) < 4.78 is 0. The van der Waals surface area contributed by atoms with E-state index in [4.69, 9.17) is 0 Å². The Morgan fingerprint density at radius 3 is 3.07 bits per heavy atom. The second kappa shape index (κ2) is 4.41. The van der Waals surface area contributed by atoms with E-state index in [1.165, 1.54) is 30.0 Å². The first-order chi connectivity index (χ1) is 6.81. The molecule has 0 radical (unpaired) electrons. The predicted molar refractivity (Wildman–Crippen MR) is 60.9 cm³/mol. The normalized spacial score (nSPS) is 27.0. The van der Waals surface area contributed by atoms with Crippen LogP contribution in [0, 0.1) is 6.92 Å². The lowest BCUT2D eigenvalue weighted by molar-refractivity contribution is 0.487.